The van der Waals surface area contributed by atoms with Gasteiger partial charge in [-0.05, 0) is 25.8 Å². The molecule has 1 aliphatic rings. The van der Waals surface area contributed by atoms with Gasteiger partial charge in [0.25, 0.3) is 0 Å². The minimum Gasteiger partial charge on any atom is -0.371 e. The van der Waals surface area contributed by atoms with E-state index in [4.69, 9.17) is 23.2 Å². The predicted octanol–water partition coefficient (Wildman–Crippen LogP) is 3.86. The summed E-state index contributed by atoms with van der Waals surface area (Å²) in [5.41, 5.74) is 1.93. The summed E-state index contributed by atoms with van der Waals surface area (Å²) in [7, 11) is 0. The monoisotopic (exact) mass is 231 g/mol. The standard InChI is InChI=1S/C11H15Cl2N/c1-4-14(5-2)9-7-6-8(3)10(12)11(9)13/h7H,3-6H2,1-2H3. The zero-order chi connectivity index (χ0) is 10.7. The maximum absolute atomic E-state index is 6.16. The van der Waals surface area contributed by atoms with Crippen molar-refractivity contribution in [1.29, 1.82) is 0 Å². The Bertz CT molecular complexity index is 298. The lowest BCUT2D eigenvalue weighted by Gasteiger charge is -2.27. The number of hydrogen-bond acceptors (Lipinski definition) is 1. The molecule has 0 fully saturated rings. The molecule has 0 amide bonds. The molecule has 0 N–H and O–H groups in total. The lowest BCUT2D eigenvalue weighted by molar-refractivity contribution is 0.390. The van der Waals surface area contributed by atoms with E-state index in [2.05, 4.69) is 31.4 Å². The summed E-state index contributed by atoms with van der Waals surface area (Å²) >= 11 is 12.2. The van der Waals surface area contributed by atoms with Crippen molar-refractivity contribution in [3.8, 4) is 0 Å². The molecule has 0 aromatic carbocycles. The Balaban J connectivity index is 2.97. The second kappa shape index (κ2) is 4.90. The highest BCUT2D eigenvalue weighted by molar-refractivity contribution is 6.42. The third-order valence-corrected chi connectivity index (χ3v) is 3.31. The molecule has 0 spiro atoms. The Morgan fingerprint density at radius 3 is 2.36 bits per heavy atom. The fourth-order valence-corrected chi connectivity index (χ4v) is 2.00. The van der Waals surface area contributed by atoms with E-state index in [9.17, 15) is 0 Å². The highest BCUT2D eigenvalue weighted by atomic mass is 35.5. The molecule has 0 saturated heterocycles. The lowest BCUT2D eigenvalue weighted by Crippen LogP contribution is -2.23. The van der Waals surface area contributed by atoms with Gasteiger partial charge in [0.05, 0.1) is 15.8 Å². The minimum atomic E-state index is 0.607. The van der Waals surface area contributed by atoms with Gasteiger partial charge in [0.2, 0.25) is 0 Å². The molecule has 0 bridgehead atoms. The van der Waals surface area contributed by atoms with Crippen LogP contribution in [0, 0.1) is 0 Å². The van der Waals surface area contributed by atoms with Crippen LogP contribution in [0.25, 0.3) is 0 Å². The quantitative estimate of drug-likeness (QED) is 0.714. The molecule has 0 atom stereocenters. The first kappa shape index (κ1) is 11.7. The molecule has 14 heavy (non-hydrogen) atoms. The van der Waals surface area contributed by atoms with E-state index in [0.29, 0.717) is 10.1 Å². The van der Waals surface area contributed by atoms with Gasteiger partial charge < -0.3 is 4.90 Å². The summed E-state index contributed by atoms with van der Waals surface area (Å²) in [6.45, 7) is 9.94. The van der Waals surface area contributed by atoms with Gasteiger partial charge >= 0.3 is 0 Å². The molecule has 0 aliphatic heterocycles. The molecular formula is C11H15Cl2N. The van der Waals surface area contributed by atoms with Crippen molar-refractivity contribution < 1.29 is 0 Å². The summed E-state index contributed by atoms with van der Waals surface area (Å²) in [4.78, 5) is 2.19. The van der Waals surface area contributed by atoms with Gasteiger partial charge in [-0.2, -0.15) is 0 Å². The average molecular weight is 232 g/mol. The Morgan fingerprint density at radius 1 is 1.29 bits per heavy atom. The third-order valence-electron chi connectivity index (χ3n) is 2.37. The first-order chi connectivity index (χ1) is 6.61. The Labute approximate surface area is 95.7 Å². The molecule has 0 radical (unpaired) electrons. The highest BCUT2D eigenvalue weighted by Gasteiger charge is 2.18. The number of hydrogen-bond donors (Lipinski definition) is 0. The second-order valence-corrected chi connectivity index (χ2v) is 3.95. The van der Waals surface area contributed by atoms with E-state index >= 15 is 0 Å². The molecule has 1 nitrogen and oxygen atoms in total. The molecule has 3 heteroatoms. The second-order valence-electron chi connectivity index (χ2n) is 3.20. The van der Waals surface area contributed by atoms with Crippen molar-refractivity contribution in [1.82, 2.24) is 4.90 Å². The molecule has 78 valence electrons. The van der Waals surface area contributed by atoms with Crippen LogP contribution >= 0.6 is 23.2 Å². The lowest BCUT2D eigenvalue weighted by atomic mass is 10.1. The minimum absolute atomic E-state index is 0.607. The van der Waals surface area contributed by atoms with E-state index in [-0.39, 0.29) is 0 Å². The van der Waals surface area contributed by atoms with Gasteiger partial charge in [0.15, 0.2) is 0 Å². The normalized spacial score (nSPS) is 17.1. The zero-order valence-corrected chi connectivity index (χ0v) is 10.1. The molecule has 0 saturated carbocycles. The van der Waals surface area contributed by atoms with Crippen molar-refractivity contribution in [2.75, 3.05) is 13.1 Å². The van der Waals surface area contributed by atoms with Gasteiger partial charge in [0, 0.05) is 13.1 Å². The van der Waals surface area contributed by atoms with Gasteiger partial charge in [-0.3, -0.25) is 0 Å². The number of likely N-dealkylation sites (N-methyl/N-ethyl adjacent to an activating group) is 1. The van der Waals surface area contributed by atoms with Crippen LogP contribution in [-0.4, -0.2) is 18.0 Å². The van der Waals surface area contributed by atoms with Crippen LogP contribution in [0.2, 0.25) is 0 Å². The van der Waals surface area contributed by atoms with E-state index in [0.717, 1.165) is 30.8 Å². The molecular weight excluding hydrogens is 217 g/mol. The Hall–Kier alpha value is -0.400. The van der Waals surface area contributed by atoms with Crippen molar-refractivity contribution in [3.63, 3.8) is 0 Å². The van der Waals surface area contributed by atoms with Gasteiger partial charge in [-0.1, -0.05) is 35.9 Å². The smallest absolute Gasteiger partial charge is 0.0825 e. The first-order valence-electron chi connectivity index (χ1n) is 4.80. The molecule has 0 aromatic heterocycles. The summed E-state index contributed by atoms with van der Waals surface area (Å²) in [6, 6.07) is 0. The summed E-state index contributed by atoms with van der Waals surface area (Å²) in [6.07, 6.45) is 2.88. The van der Waals surface area contributed by atoms with Crippen LogP contribution in [0.5, 0.6) is 0 Å². The maximum Gasteiger partial charge on any atom is 0.0825 e. The maximum atomic E-state index is 6.16. The van der Waals surface area contributed by atoms with Crippen LogP contribution < -0.4 is 0 Å². The van der Waals surface area contributed by atoms with E-state index < -0.39 is 0 Å². The van der Waals surface area contributed by atoms with Crippen molar-refractivity contribution >= 4 is 23.2 Å². The van der Waals surface area contributed by atoms with Crippen molar-refractivity contribution in [2.45, 2.75) is 20.3 Å². The summed E-state index contributed by atoms with van der Waals surface area (Å²) < 4.78 is 0. The van der Waals surface area contributed by atoms with Crippen LogP contribution in [0.3, 0.4) is 0 Å². The summed E-state index contributed by atoms with van der Waals surface area (Å²) in [5, 5.41) is 1.24. The van der Waals surface area contributed by atoms with E-state index in [1.165, 1.54) is 0 Å². The first-order valence-corrected chi connectivity index (χ1v) is 5.56. The Kier molecular flexibility index (Phi) is 4.09. The number of halogens is 2. The van der Waals surface area contributed by atoms with Gasteiger partial charge in [0.1, 0.15) is 0 Å². The Morgan fingerprint density at radius 2 is 1.86 bits per heavy atom. The van der Waals surface area contributed by atoms with Crippen LogP contribution in [0.4, 0.5) is 0 Å². The SMILES string of the molecule is C=C1CC=C(N(CC)CC)C(Cl)=C1Cl. The van der Waals surface area contributed by atoms with Crippen molar-refractivity contribution in [2.24, 2.45) is 0 Å². The molecule has 1 rings (SSSR count). The predicted molar refractivity (Wildman–Crippen MR) is 63.5 cm³/mol. The fraction of sp³-hybridized carbons (Fsp3) is 0.455. The number of rotatable bonds is 3. The third kappa shape index (κ3) is 2.15. The van der Waals surface area contributed by atoms with Crippen LogP contribution in [0.15, 0.2) is 34.0 Å². The number of allylic oxidation sites excluding steroid dienone is 4. The largest absolute Gasteiger partial charge is 0.371 e. The number of nitrogens with zero attached hydrogens (tertiary/aromatic N) is 1. The van der Waals surface area contributed by atoms with Gasteiger partial charge in [-0.15, -0.1) is 0 Å². The van der Waals surface area contributed by atoms with Crippen LogP contribution in [0.1, 0.15) is 20.3 Å². The molecule has 1 aliphatic carbocycles. The zero-order valence-electron chi connectivity index (χ0n) is 8.61. The fourth-order valence-electron chi connectivity index (χ4n) is 1.50. The average Bonchev–Trinajstić information content (AvgIpc) is 2.19. The van der Waals surface area contributed by atoms with E-state index in [1.54, 1.807) is 0 Å². The highest BCUT2D eigenvalue weighted by Crippen LogP contribution is 2.34. The topological polar surface area (TPSA) is 3.24 Å². The molecule has 0 unspecified atom stereocenters. The van der Waals surface area contributed by atoms with Crippen LogP contribution in [-0.2, 0) is 0 Å². The van der Waals surface area contributed by atoms with Crippen molar-refractivity contribution in [3.05, 3.63) is 34.0 Å². The summed E-state index contributed by atoms with van der Waals surface area (Å²) in [5.74, 6) is 0. The molecule has 0 aromatic rings. The molecule has 0 heterocycles. The van der Waals surface area contributed by atoms with Gasteiger partial charge in [-0.25, -0.2) is 0 Å². The van der Waals surface area contributed by atoms with E-state index in [1.807, 2.05) is 0 Å².